The second-order valence-corrected chi connectivity index (χ2v) is 4.05. The molecule has 20 heavy (non-hydrogen) atoms. The highest BCUT2D eigenvalue weighted by Gasteiger charge is 2.32. The van der Waals surface area contributed by atoms with Crippen molar-refractivity contribution in [2.75, 3.05) is 7.11 Å². The molecule has 0 atom stereocenters. The zero-order chi connectivity index (χ0) is 14.9. The summed E-state index contributed by atoms with van der Waals surface area (Å²) in [6.45, 7) is 0. The molecule has 0 amide bonds. The fourth-order valence-corrected chi connectivity index (χ4v) is 1.92. The highest BCUT2D eigenvalue weighted by Crippen LogP contribution is 2.36. The van der Waals surface area contributed by atoms with Crippen LogP contribution in [-0.2, 0) is 0 Å². The standard InChI is InChI=1S/C11H8ClF2N3O3/c1-20-7-4-2-6(3-5-7)16-10(12)9(17(18)19)8(15-16)11(13)14/h2-5,11H,1H3. The molecule has 0 N–H and O–H groups in total. The topological polar surface area (TPSA) is 70.2 Å². The number of ether oxygens (including phenoxy) is 1. The van der Waals surface area contributed by atoms with Crippen LogP contribution in [0.25, 0.3) is 5.69 Å². The molecule has 9 heteroatoms. The number of rotatable bonds is 4. The largest absolute Gasteiger partial charge is 0.497 e. The number of nitrogens with zero attached hydrogens (tertiary/aromatic N) is 3. The van der Waals surface area contributed by atoms with E-state index >= 15 is 0 Å². The fourth-order valence-electron chi connectivity index (χ4n) is 1.62. The number of benzene rings is 1. The molecule has 6 nitrogen and oxygen atoms in total. The van der Waals surface area contributed by atoms with Gasteiger partial charge in [-0.1, -0.05) is 11.6 Å². The van der Waals surface area contributed by atoms with Crippen LogP contribution in [-0.4, -0.2) is 21.8 Å². The number of hydrogen-bond acceptors (Lipinski definition) is 4. The van der Waals surface area contributed by atoms with Crippen molar-refractivity contribution in [3.05, 3.63) is 45.2 Å². The van der Waals surface area contributed by atoms with Crippen LogP contribution < -0.4 is 4.74 Å². The van der Waals surface area contributed by atoms with Gasteiger partial charge >= 0.3 is 5.69 Å². The highest BCUT2D eigenvalue weighted by atomic mass is 35.5. The number of alkyl halides is 2. The lowest BCUT2D eigenvalue weighted by atomic mass is 10.3. The van der Waals surface area contributed by atoms with E-state index in [0.717, 1.165) is 4.68 Å². The molecule has 106 valence electrons. The maximum absolute atomic E-state index is 12.8. The summed E-state index contributed by atoms with van der Waals surface area (Å²) >= 11 is 5.77. The molecule has 0 fully saturated rings. The average molecular weight is 304 g/mol. The first-order valence-corrected chi connectivity index (χ1v) is 5.69. The molecule has 1 aromatic carbocycles. The smallest absolute Gasteiger partial charge is 0.335 e. The van der Waals surface area contributed by atoms with Gasteiger partial charge in [-0.05, 0) is 24.3 Å². The summed E-state index contributed by atoms with van der Waals surface area (Å²) in [5, 5.41) is 13.8. The summed E-state index contributed by atoms with van der Waals surface area (Å²) in [5.41, 5.74) is -1.54. The van der Waals surface area contributed by atoms with Gasteiger partial charge in [0.05, 0.1) is 17.7 Å². The van der Waals surface area contributed by atoms with Crippen molar-refractivity contribution in [1.82, 2.24) is 9.78 Å². The van der Waals surface area contributed by atoms with E-state index in [0.29, 0.717) is 11.4 Å². The Morgan fingerprint density at radius 1 is 1.40 bits per heavy atom. The minimum Gasteiger partial charge on any atom is -0.497 e. The van der Waals surface area contributed by atoms with Crippen molar-refractivity contribution in [3.63, 3.8) is 0 Å². The van der Waals surface area contributed by atoms with Crippen LogP contribution in [0.5, 0.6) is 5.75 Å². The third-order valence-electron chi connectivity index (χ3n) is 2.54. The molecule has 0 bridgehead atoms. The minimum atomic E-state index is -3.09. The van der Waals surface area contributed by atoms with Gasteiger partial charge in [-0.2, -0.15) is 5.10 Å². The normalized spacial score (nSPS) is 10.8. The van der Waals surface area contributed by atoms with Crippen molar-refractivity contribution in [3.8, 4) is 11.4 Å². The summed E-state index contributed by atoms with van der Waals surface area (Å²) in [6, 6.07) is 6.11. The van der Waals surface area contributed by atoms with E-state index in [1.807, 2.05) is 0 Å². The molecule has 0 saturated carbocycles. The second kappa shape index (κ2) is 5.41. The van der Waals surface area contributed by atoms with Crippen LogP contribution in [0.15, 0.2) is 24.3 Å². The van der Waals surface area contributed by atoms with E-state index in [9.17, 15) is 18.9 Å². The van der Waals surface area contributed by atoms with Crippen LogP contribution in [0, 0.1) is 10.1 Å². The molecule has 1 heterocycles. The molecule has 0 saturated heterocycles. The Morgan fingerprint density at radius 2 is 2.00 bits per heavy atom. The number of nitro groups is 1. The van der Waals surface area contributed by atoms with Gasteiger partial charge < -0.3 is 4.74 Å². The Bertz CT molecular complexity index is 643. The first kappa shape index (κ1) is 14.2. The molecule has 0 aliphatic carbocycles. The molecular formula is C11H8ClF2N3O3. The van der Waals surface area contributed by atoms with Crippen LogP contribution >= 0.6 is 11.6 Å². The fraction of sp³-hybridized carbons (Fsp3) is 0.182. The van der Waals surface area contributed by atoms with Crippen LogP contribution in [0.4, 0.5) is 14.5 Å². The van der Waals surface area contributed by atoms with Gasteiger partial charge in [-0.15, -0.1) is 0 Å². The quantitative estimate of drug-likeness (QED) is 0.641. The Morgan fingerprint density at radius 3 is 2.40 bits per heavy atom. The second-order valence-electron chi connectivity index (χ2n) is 3.69. The van der Waals surface area contributed by atoms with Crippen molar-refractivity contribution < 1.29 is 18.4 Å². The molecule has 1 aromatic heterocycles. The van der Waals surface area contributed by atoms with E-state index in [1.54, 1.807) is 12.1 Å². The summed E-state index contributed by atoms with van der Waals surface area (Å²) in [6.07, 6.45) is -3.09. The van der Waals surface area contributed by atoms with Gasteiger partial charge in [0.2, 0.25) is 10.8 Å². The summed E-state index contributed by atoms with van der Waals surface area (Å²) in [4.78, 5) is 9.83. The summed E-state index contributed by atoms with van der Waals surface area (Å²) in [5.74, 6) is 0.542. The molecule has 0 spiro atoms. The monoisotopic (exact) mass is 303 g/mol. The maximum atomic E-state index is 12.8. The summed E-state index contributed by atoms with van der Waals surface area (Å²) < 4.78 is 31.4. The SMILES string of the molecule is COc1ccc(-n2nc(C(F)F)c([N+](=O)[O-])c2Cl)cc1. The van der Waals surface area contributed by atoms with E-state index < -0.39 is 27.9 Å². The van der Waals surface area contributed by atoms with E-state index in [1.165, 1.54) is 19.2 Å². The lowest BCUT2D eigenvalue weighted by Crippen LogP contribution is -1.97. The number of hydrogen-bond donors (Lipinski definition) is 0. The lowest BCUT2D eigenvalue weighted by Gasteiger charge is -2.03. The molecule has 0 radical (unpaired) electrons. The number of aromatic nitrogens is 2. The molecule has 0 unspecified atom stereocenters. The average Bonchev–Trinajstić information content (AvgIpc) is 2.77. The van der Waals surface area contributed by atoms with Gasteiger partial charge in [-0.25, -0.2) is 13.5 Å². The number of halogens is 3. The van der Waals surface area contributed by atoms with Crippen LogP contribution in [0.2, 0.25) is 5.15 Å². The third-order valence-corrected chi connectivity index (χ3v) is 2.88. The Kier molecular flexibility index (Phi) is 3.84. The van der Waals surface area contributed by atoms with E-state index in [2.05, 4.69) is 5.10 Å². The van der Waals surface area contributed by atoms with Crippen molar-refractivity contribution in [1.29, 1.82) is 0 Å². The number of methoxy groups -OCH3 is 1. The van der Waals surface area contributed by atoms with Gasteiger partial charge in [-0.3, -0.25) is 10.1 Å². The summed E-state index contributed by atoms with van der Waals surface area (Å²) in [7, 11) is 1.47. The first-order chi connectivity index (χ1) is 9.45. The third kappa shape index (κ3) is 2.42. The molecule has 0 aliphatic rings. The highest BCUT2D eigenvalue weighted by molar-refractivity contribution is 6.32. The Labute approximate surface area is 116 Å². The minimum absolute atomic E-state index is 0.311. The van der Waals surface area contributed by atoms with Gasteiger partial charge in [0, 0.05) is 0 Å². The van der Waals surface area contributed by atoms with Crippen molar-refractivity contribution in [2.24, 2.45) is 0 Å². The Balaban J connectivity index is 2.56. The van der Waals surface area contributed by atoms with Crippen LogP contribution in [0.3, 0.4) is 0 Å². The van der Waals surface area contributed by atoms with E-state index in [4.69, 9.17) is 16.3 Å². The molecule has 0 aliphatic heterocycles. The Hall–Kier alpha value is -2.22. The predicted molar refractivity (Wildman–Crippen MR) is 66.7 cm³/mol. The first-order valence-electron chi connectivity index (χ1n) is 5.31. The van der Waals surface area contributed by atoms with Gasteiger partial charge in [0.1, 0.15) is 5.75 Å². The van der Waals surface area contributed by atoms with Gasteiger partial charge in [0.25, 0.3) is 6.43 Å². The van der Waals surface area contributed by atoms with Crippen LogP contribution in [0.1, 0.15) is 12.1 Å². The van der Waals surface area contributed by atoms with E-state index in [-0.39, 0.29) is 0 Å². The molecule has 2 aromatic rings. The maximum Gasteiger partial charge on any atom is 0.335 e. The molecule has 2 rings (SSSR count). The van der Waals surface area contributed by atoms with Gasteiger partial charge in [0.15, 0.2) is 0 Å². The zero-order valence-corrected chi connectivity index (χ0v) is 10.8. The van der Waals surface area contributed by atoms with Crippen molar-refractivity contribution in [2.45, 2.75) is 6.43 Å². The lowest BCUT2D eigenvalue weighted by molar-refractivity contribution is -0.386. The predicted octanol–water partition coefficient (Wildman–Crippen LogP) is 3.38. The van der Waals surface area contributed by atoms with Crippen molar-refractivity contribution >= 4 is 17.3 Å². The molecular weight excluding hydrogens is 296 g/mol. The zero-order valence-electron chi connectivity index (χ0n) is 10.1.